The van der Waals surface area contributed by atoms with Gasteiger partial charge in [0.05, 0.1) is 6.54 Å². The first-order valence-corrected chi connectivity index (χ1v) is 15.6. The number of likely N-dealkylation sites (tertiary alicyclic amines) is 2. The molecular formula is C34H45N3O3. The van der Waals surface area contributed by atoms with Gasteiger partial charge in [-0.2, -0.15) is 0 Å². The molecule has 3 fully saturated rings. The van der Waals surface area contributed by atoms with E-state index in [2.05, 4.69) is 64.4 Å². The summed E-state index contributed by atoms with van der Waals surface area (Å²) in [5.41, 5.74) is 2.61. The average Bonchev–Trinajstić information content (AvgIpc) is 3.62. The second-order valence-electron chi connectivity index (χ2n) is 12.6. The Morgan fingerprint density at radius 3 is 2.33 bits per heavy atom. The van der Waals surface area contributed by atoms with Gasteiger partial charge in [-0.05, 0) is 61.7 Å². The molecule has 0 aromatic heterocycles. The number of carboxylic acids is 1. The van der Waals surface area contributed by atoms with E-state index >= 15 is 0 Å². The van der Waals surface area contributed by atoms with E-state index in [1.54, 1.807) is 0 Å². The number of aliphatic carboxylic acids is 1. The molecule has 40 heavy (non-hydrogen) atoms. The number of rotatable bonds is 9. The molecule has 1 saturated carbocycles. The van der Waals surface area contributed by atoms with Gasteiger partial charge in [-0.25, -0.2) is 0 Å². The van der Waals surface area contributed by atoms with Crippen LogP contribution >= 0.6 is 0 Å². The Labute approximate surface area is 239 Å². The minimum Gasteiger partial charge on any atom is -0.480 e. The molecule has 2 aromatic rings. The summed E-state index contributed by atoms with van der Waals surface area (Å²) < 4.78 is 6.34. The van der Waals surface area contributed by atoms with Gasteiger partial charge in [0.1, 0.15) is 12.1 Å². The summed E-state index contributed by atoms with van der Waals surface area (Å²) in [7, 11) is 0. The van der Waals surface area contributed by atoms with Crippen molar-refractivity contribution in [2.24, 2.45) is 22.7 Å². The Hall–Kier alpha value is -2.70. The molecular weight excluding hydrogens is 498 g/mol. The first kappa shape index (κ1) is 27.5. The van der Waals surface area contributed by atoms with E-state index in [0.29, 0.717) is 17.8 Å². The molecule has 3 heterocycles. The molecule has 2 saturated heterocycles. The molecule has 2 aromatic carbocycles. The van der Waals surface area contributed by atoms with Gasteiger partial charge >= 0.3 is 5.97 Å². The fourth-order valence-corrected chi connectivity index (χ4v) is 7.89. The highest BCUT2D eigenvalue weighted by atomic mass is 16.5. The van der Waals surface area contributed by atoms with Crippen LogP contribution in [0.25, 0.3) is 0 Å². The lowest BCUT2D eigenvalue weighted by molar-refractivity contribution is -0.145. The highest BCUT2D eigenvalue weighted by Gasteiger charge is 2.43. The predicted octanol–water partition coefficient (Wildman–Crippen LogP) is 5.49. The van der Waals surface area contributed by atoms with Crippen LogP contribution in [0.4, 0.5) is 0 Å². The van der Waals surface area contributed by atoms with E-state index in [1.807, 2.05) is 6.07 Å². The number of piperidine rings is 1. The van der Waals surface area contributed by atoms with Crippen LogP contribution < -0.4 is 0 Å². The largest absolute Gasteiger partial charge is 0.480 e. The summed E-state index contributed by atoms with van der Waals surface area (Å²) in [6.45, 7) is 5.74. The standard InChI is InChI=1S/C34H45N3O3/c38-34(39)33(28-14-8-3-9-15-28)37-23-29(30(24-37)26-12-6-2-7-13-26)22-36-18-16-27(17-19-36)31-21-35-32(40-31)20-25-10-4-1-5-11-25/h1-2,4-7,10-13,27-31,33H,3,8-9,14-24H2,(H,38,39)/t29-,30+,31?,33+/m0/s1. The number of hydrogen-bond donors (Lipinski definition) is 1. The zero-order valence-electron chi connectivity index (χ0n) is 23.7. The van der Waals surface area contributed by atoms with Crippen molar-refractivity contribution >= 4 is 11.9 Å². The van der Waals surface area contributed by atoms with Crippen LogP contribution in [0.1, 0.15) is 62.0 Å². The van der Waals surface area contributed by atoms with Crippen LogP contribution in [0, 0.1) is 17.8 Å². The molecule has 1 aliphatic carbocycles. The van der Waals surface area contributed by atoms with Crippen molar-refractivity contribution < 1.29 is 14.6 Å². The maximum absolute atomic E-state index is 12.5. The summed E-state index contributed by atoms with van der Waals surface area (Å²) in [4.78, 5) is 22.3. The zero-order chi connectivity index (χ0) is 27.3. The van der Waals surface area contributed by atoms with Crippen LogP contribution in [-0.2, 0) is 16.0 Å². The van der Waals surface area contributed by atoms with Crippen molar-refractivity contribution in [1.82, 2.24) is 9.80 Å². The number of hydrogen-bond acceptors (Lipinski definition) is 5. The molecule has 4 atom stereocenters. The smallest absolute Gasteiger partial charge is 0.321 e. The minimum absolute atomic E-state index is 0.215. The molecule has 1 N–H and O–H groups in total. The summed E-state index contributed by atoms with van der Waals surface area (Å²) in [6, 6.07) is 21.0. The van der Waals surface area contributed by atoms with E-state index in [1.165, 1.54) is 30.4 Å². The van der Waals surface area contributed by atoms with Gasteiger partial charge in [0, 0.05) is 37.9 Å². The summed E-state index contributed by atoms with van der Waals surface area (Å²) >= 11 is 0. The lowest BCUT2D eigenvalue weighted by Gasteiger charge is -2.36. The number of aliphatic imine (C=N–C) groups is 1. The minimum atomic E-state index is -0.620. The van der Waals surface area contributed by atoms with Crippen molar-refractivity contribution in [1.29, 1.82) is 0 Å². The van der Waals surface area contributed by atoms with Gasteiger partial charge in [0.2, 0.25) is 0 Å². The molecule has 0 amide bonds. The number of carbonyl (C=O) groups is 1. The van der Waals surface area contributed by atoms with Crippen molar-refractivity contribution in [3.8, 4) is 0 Å². The van der Waals surface area contributed by atoms with Crippen LogP contribution in [0.3, 0.4) is 0 Å². The van der Waals surface area contributed by atoms with E-state index in [-0.39, 0.29) is 18.1 Å². The summed E-state index contributed by atoms with van der Waals surface area (Å²) in [5.74, 6) is 1.95. The zero-order valence-corrected chi connectivity index (χ0v) is 23.7. The maximum atomic E-state index is 12.5. The lowest BCUT2D eigenvalue weighted by Crippen LogP contribution is -2.46. The van der Waals surface area contributed by atoms with Crippen LogP contribution in [0.15, 0.2) is 65.7 Å². The summed E-state index contributed by atoms with van der Waals surface area (Å²) in [5, 5.41) is 10.3. The Morgan fingerprint density at radius 2 is 1.62 bits per heavy atom. The molecule has 1 unspecified atom stereocenters. The first-order chi connectivity index (χ1) is 19.6. The normalized spacial score (nSPS) is 27.8. The molecule has 0 bridgehead atoms. The van der Waals surface area contributed by atoms with Gasteiger partial charge in [-0.1, -0.05) is 79.9 Å². The van der Waals surface area contributed by atoms with Crippen molar-refractivity contribution in [2.75, 3.05) is 39.3 Å². The van der Waals surface area contributed by atoms with Gasteiger partial charge < -0.3 is 14.7 Å². The van der Waals surface area contributed by atoms with E-state index < -0.39 is 5.97 Å². The molecule has 214 valence electrons. The van der Waals surface area contributed by atoms with E-state index in [9.17, 15) is 9.90 Å². The van der Waals surface area contributed by atoms with E-state index in [0.717, 1.165) is 77.3 Å². The first-order valence-electron chi connectivity index (χ1n) is 15.6. The molecule has 0 radical (unpaired) electrons. The highest BCUT2D eigenvalue weighted by Crippen LogP contribution is 2.39. The van der Waals surface area contributed by atoms with Crippen molar-refractivity contribution in [3.63, 3.8) is 0 Å². The Kier molecular flexibility index (Phi) is 8.83. The maximum Gasteiger partial charge on any atom is 0.321 e. The molecule has 6 heteroatoms. The quantitative estimate of drug-likeness (QED) is 0.453. The molecule has 6 rings (SSSR count). The topological polar surface area (TPSA) is 65.4 Å². The molecule has 0 spiro atoms. The van der Waals surface area contributed by atoms with Crippen LogP contribution in [0.2, 0.25) is 0 Å². The third-order valence-corrected chi connectivity index (χ3v) is 10.0. The second kappa shape index (κ2) is 12.9. The lowest BCUT2D eigenvalue weighted by atomic mass is 9.83. The Balaban J connectivity index is 1.06. The van der Waals surface area contributed by atoms with E-state index in [4.69, 9.17) is 9.73 Å². The van der Waals surface area contributed by atoms with Crippen molar-refractivity contribution in [3.05, 3.63) is 71.8 Å². The number of nitrogens with zero attached hydrogens (tertiary/aromatic N) is 3. The molecule has 4 aliphatic rings. The number of benzene rings is 2. The molecule has 3 aliphatic heterocycles. The Bertz CT molecular complexity index is 1130. The molecule has 6 nitrogen and oxygen atoms in total. The third kappa shape index (κ3) is 6.44. The van der Waals surface area contributed by atoms with Gasteiger partial charge in [0.15, 0.2) is 5.90 Å². The number of ether oxygens (including phenoxy) is 1. The fourth-order valence-electron chi connectivity index (χ4n) is 7.89. The van der Waals surface area contributed by atoms with Gasteiger partial charge in [-0.15, -0.1) is 0 Å². The SMILES string of the molecule is O=C(O)[C@@H](C1CCCCC1)N1C[C@H](CN2CCC(C3CN=C(Cc4ccccc4)O3)CC2)[C@@H](c2ccccc2)C1. The fraction of sp³-hybridized carbons (Fsp3) is 0.588. The van der Waals surface area contributed by atoms with Crippen LogP contribution in [0.5, 0.6) is 0 Å². The van der Waals surface area contributed by atoms with Gasteiger partial charge in [-0.3, -0.25) is 14.7 Å². The van der Waals surface area contributed by atoms with Crippen LogP contribution in [-0.4, -0.2) is 78.2 Å². The second-order valence-corrected chi connectivity index (χ2v) is 12.6. The highest BCUT2D eigenvalue weighted by molar-refractivity contribution is 5.80. The Morgan fingerprint density at radius 1 is 0.925 bits per heavy atom. The monoisotopic (exact) mass is 543 g/mol. The predicted molar refractivity (Wildman–Crippen MR) is 159 cm³/mol. The average molecular weight is 544 g/mol. The third-order valence-electron chi connectivity index (χ3n) is 10.0. The number of carboxylic acid groups (broad SMARTS) is 1. The van der Waals surface area contributed by atoms with Gasteiger partial charge in [0.25, 0.3) is 0 Å². The van der Waals surface area contributed by atoms with Crippen molar-refractivity contribution in [2.45, 2.75) is 69.4 Å². The summed E-state index contributed by atoms with van der Waals surface area (Å²) in [6.07, 6.45) is 9.00.